The third-order valence-electron chi connectivity index (χ3n) is 5.49. The van der Waals surface area contributed by atoms with Crippen molar-refractivity contribution < 1.29 is 4.79 Å². The normalized spacial score (nSPS) is 12.5. The molecule has 0 saturated carbocycles. The number of ketones is 1. The van der Waals surface area contributed by atoms with Crippen LogP contribution in [0.5, 0.6) is 0 Å². The van der Waals surface area contributed by atoms with Gasteiger partial charge in [0.25, 0.3) is 0 Å². The number of hydrogen-bond donors (Lipinski definition) is 0. The van der Waals surface area contributed by atoms with E-state index in [-0.39, 0.29) is 5.78 Å². The Kier molecular flexibility index (Phi) is 10.6. The lowest BCUT2D eigenvalue weighted by Gasteiger charge is -2.17. The fourth-order valence-corrected chi connectivity index (χ4v) is 4.12. The van der Waals surface area contributed by atoms with Crippen molar-refractivity contribution in [3.05, 3.63) is 105 Å². The third kappa shape index (κ3) is 6.92. The molecule has 0 unspecified atom stereocenters. The molecule has 4 rings (SSSR count). The smallest absolute Gasteiger partial charge is 0.159 e. The van der Waals surface area contributed by atoms with Crippen LogP contribution < -0.4 is 0 Å². The number of halogens is 1. The van der Waals surface area contributed by atoms with E-state index in [4.69, 9.17) is 11.6 Å². The molecule has 2 heteroatoms. The van der Waals surface area contributed by atoms with Crippen molar-refractivity contribution in [1.82, 2.24) is 0 Å². The quantitative estimate of drug-likeness (QED) is 0.355. The van der Waals surface area contributed by atoms with Crippen LogP contribution in [0.15, 0.2) is 66.7 Å². The molecule has 1 aliphatic carbocycles. The number of fused-ring (bicyclic) bond motifs is 1. The summed E-state index contributed by atoms with van der Waals surface area (Å²) >= 11 is 6.13. The van der Waals surface area contributed by atoms with Crippen LogP contribution in [0.3, 0.4) is 0 Å². The second-order valence-corrected chi connectivity index (χ2v) is 8.65. The molecule has 174 valence electrons. The van der Waals surface area contributed by atoms with Gasteiger partial charge < -0.3 is 0 Å². The average Bonchev–Trinajstić information content (AvgIpc) is 3.01. The second-order valence-electron chi connectivity index (χ2n) is 8.22. The fourth-order valence-electron chi connectivity index (χ4n) is 4.00. The monoisotopic (exact) mass is 460 g/mol. The number of hydrogen-bond acceptors (Lipinski definition) is 1. The minimum absolute atomic E-state index is 0.117. The molecule has 3 aromatic rings. The van der Waals surface area contributed by atoms with E-state index in [1.165, 1.54) is 45.4 Å². The Morgan fingerprint density at radius 1 is 0.848 bits per heavy atom. The Labute approximate surface area is 205 Å². The number of Topliss-reactive ketones (excluding diaryl/α,β-unsaturated/α-hetero) is 1. The molecule has 0 radical (unpaired) electrons. The minimum Gasteiger partial charge on any atom is -0.295 e. The van der Waals surface area contributed by atoms with Gasteiger partial charge in [0, 0.05) is 10.6 Å². The van der Waals surface area contributed by atoms with Gasteiger partial charge in [-0.2, -0.15) is 0 Å². The Bertz CT molecular complexity index is 1070. The lowest BCUT2D eigenvalue weighted by Crippen LogP contribution is -2.00. The maximum Gasteiger partial charge on any atom is 0.159 e. The highest BCUT2D eigenvalue weighted by Gasteiger charge is 2.21. The fraction of sp³-hybridized carbons (Fsp3) is 0.323. The number of aryl methyl sites for hydroxylation is 2. The van der Waals surface area contributed by atoms with Crippen LogP contribution in [0.1, 0.15) is 92.1 Å². The molecule has 0 N–H and O–H groups in total. The first-order chi connectivity index (χ1) is 15.9. The van der Waals surface area contributed by atoms with Crippen LogP contribution in [0.2, 0.25) is 5.02 Å². The molecule has 1 aliphatic rings. The van der Waals surface area contributed by atoms with E-state index >= 15 is 0 Å². The number of rotatable bonds is 3. The van der Waals surface area contributed by atoms with Crippen LogP contribution >= 0.6 is 11.6 Å². The topological polar surface area (TPSA) is 17.1 Å². The summed E-state index contributed by atoms with van der Waals surface area (Å²) in [5.74, 6) is 0.117. The predicted molar refractivity (Wildman–Crippen MR) is 145 cm³/mol. The Morgan fingerprint density at radius 3 is 2.00 bits per heavy atom. The number of carbonyl (C=O) groups excluding carboxylic acids is 1. The first-order valence-corrected chi connectivity index (χ1v) is 12.5. The van der Waals surface area contributed by atoms with Crippen molar-refractivity contribution in [2.45, 2.75) is 67.2 Å². The molecule has 0 heterocycles. The molecule has 0 bridgehead atoms. The summed E-state index contributed by atoms with van der Waals surface area (Å²) < 4.78 is 0. The highest BCUT2D eigenvalue weighted by atomic mass is 35.5. The van der Waals surface area contributed by atoms with Gasteiger partial charge >= 0.3 is 0 Å². The van der Waals surface area contributed by atoms with Gasteiger partial charge in [0.05, 0.1) is 0 Å². The standard InChI is InChI=1S/C26H23ClO.C3H8.C2H6/c1-17-6-8-20(9-7-17)26-24(19-10-13-23(27)14-11-19)5-3-4-22-16-21(18(2)28)12-15-25(22)26;1-3-2;1-2/h6-16H,3-5H2,1-2H3;3H2,1-2H3;1-2H3. The second kappa shape index (κ2) is 13.2. The lowest BCUT2D eigenvalue weighted by atomic mass is 9.87. The summed E-state index contributed by atoms with van der Waals surface area (Å²) in [5.41, 5.74) is 9.57. The van der Waals surface area contributed by atoms with Crippen molar-refractivity contribution in [3.63, 3.8) is 0 Å². The van der Waals surface area contributed by atoms with Crippen molar-refractivity contribution in [1.29, 1.82) is 0 Å². The van der Waals surface area contributed by atoms with Gasteiger partial charge in [-0.05, 0) is 84.7 Å². The lowest BCUT2D eigenvalue weighted by molar-refractivity contribution is 0.101. The molecule has 0 aromatic heterocycles. The number of carbonyl (C=O) groups is 1. The summed E-state index contributed by atoms with van der Waals surface area (Å²) in [6.07, 6.45) is 4.28. The molecular formula is C31H37ClO. The molecule has 3 aromatic carbocycles. The van der Waals surface area contributed by atoms with Gasteiger partial charge in [-0.25, -0.2) is 0 Å². The Balaban J connectivity index is 0.000000714. The predicted octanol–water partition coefficient (Wildman–Crippen LogP) is 9.59. The molecule has 0 saturated heterocycles. The average molecular weight is 461 g/mol. The van der Waals surface area contributed by atoms with Gasteiger partial charge in [-0.3, -0.25) is 4.79 Å². The Hall–Kier alpha value is -2.64. The summed E-state index contributed by atoms with van der Waals surface area (Å²) in [5, 5.41) is 0.751. The molecule has 33 heavy (non-hydrogen) atoms. The van der Waals surface area contributed by atoms with Gasteiger partial charge in [-0.1, -0.05) is 99.8 Å². The van der Waals surface area contributed by atoms with E-state index in [1.54, 1.807) is 6.92 Å². The number of benzene rings is 3. The van der Waals surface area contributed by atoms with Crippen molar-refractivity contribution in [3.8, 4) is 0 Å². The van der Waals surface area contributed by atoms with Crippen LogP contribution in [-0.4, -0.2) is 5.78 Å². The Morgan fingerprint density at radius 2 is 1.42 bits per heavy atom. The number of allylic oxidation sites excluding steroid dienone is 1. The SMILES string of the molecule is CC.CC(=O)c1ccc2c(c1)CCCC(c1ccc(Cl)cc1)=C2c1ccc(C)cc1.CCC. The van der Waals surface area contributed by atoms with Crippen LogP contribution in [0.4, 0.5) is 0 Å². The summed E-state index contributed by atoms with van der Waals surface area (Å²) in [4.78, 5) is 11.9. The molecule has 0 fully saturated rings. The minimum atomic E-state index is 0.117. The van der Waals surface area contributed by atoms with Crippen LogP contribution in [-0.2, 0) is 6.42 Å². The zero-order valence-electron chi connectivity index (χ0n) is 21.0. The maximum atomic E-state index is 11.9. The van der Waals surface area contributed by atoms with Gasteiger partial charge in [0.15, 0.2) is 5.78 Å². The van der Waals surface area contributed by atoms with Gasteiger partial charge in [-0.15, -0.1) is 0 Å². The van der Waals surface area contributed by atoms with Crippen LogP contribution in [0, 0.1) is 6.92 Å². The van der Waals surface area contributed by atoms with E-state index in [1.807, 2.05) is 32.0 Å². The van der Waals surface area contributed by atoms with Crippen molar-refractivity contribution in [2.24, 2.45) is 0 Å². The van der Waals surface area contributed by atoms with Crippen molar-refractivity contribution in [2.75, 3.05) is 0 Å². The molecular weight excluding hydrogens is 424 g/mol. The molecule has 0 amide bonds. The van der Waals surface area contributed by atoms with Crippen molar-refractivity contribution >= 4 is 28.5 Å². The van der Waals surface area contributed by atoms with E-state index in [9.17, 15) is 4.79 Å². The maximum absolute atomic E-state index is 11.9. The van der Waals surface area contributed by atoms with Crippen LogP contribution in [0.25, 0.3) is 11.1 Å². The molecule has 0 atom stereocenters. The van der Waals surface area contributed by atoms with E-state index in [0.29, 0.717) is 0 Å². The molecule has 0 aliphatic heterocycles. The highest BCUT2D eigenvalue weighted by Crippen LogP contribution is 2.40. The summed E-state index contributed by atoms with van der Waals surface area (Å²) in [7, 11) is 0. The van der Waals surface area contributed by atoms with E-state index in [2.05, 4.69) is 69.3 Å². The summed E-state index contributed by atoms with van der Waals surface area (Å²) in [6.45, 7) is 12.0. The molecule has 0 spiro atoms. The van der Waals surface area contributed by atoms with E-state index in [0.717, 1.165) is 29.8 Å². The highest BCUT2D eigenvalue weighted by molar-refractivity contribution is 6.30. The largest absolute Gasteiger partial charge is 0.295 e. The molecule has 1 nitrogen and oxygen atoms in total. The van der Waals surface area contributed by atoms with Gasteiger partial charge in [0.2, 0.25) is 0 Å². The van der Waals surface area contributed by atoms with E-state index < -0.39 is 0 Å². The zero-order valence-corrected chi connectivity index (χ0v) is 21.7. The van der Waals surface area contributed by atoms with Gasteiger partial charge in [0.1, 0.15) is 0 Å². The third-order valence-corrected chi connectivity index (χ3v) is 5.74. The summed E-state index contributed by atoms with van der Waals surface area (Å²) in [6, 6.07) is 23.0. The first kappa shape index (κ1) is 26.6. The first-order valence-electron chi connectivity index (χ1n) is 12.1. The zero-order chi connectivity index (χ0) is 24.4.